The molecule has 2 heterocycles. The van der Waals surface area contributed by atoms with Crippen LogP contribution in [0.15, 0.2) is 24.0 Å². The SMILES string of the molecule is C.Cc1ccc(C#CC2CC2)c2c1N(C(=O)/C(N)=C/N(N)CC1OCC3(CC3)CO1)CC2. The molecule has 2 aliphatic carbocycles. The molecule has 0 bridgehead atoms. The first-order chi connectivity index (χ1) is 14.9. The van der Waals surface area contributed by atoms with Crippen molar-refractivity contribution in [1.29, 1.82) is 0 Å². The number of hydrogen-bond donors (Lipinski definition) is 2. The smallest absolute Gasteiger partial charge is 0.275 e. The molecule has 0 unspecified atom stereocenters. The fourth-order valence-corrected chi connectivity index (χ4v) is 4.26. The predicted octanol–water partition coefficient (Wildman–Crippen LogP) is 2.41. The van der Waals surface area contributed by atoms with Crippen molar-refractivity contribution in [2.24, 2.45) is 22.9 Å². The largest absolute Gasteiger partial charge is 0.393 e. The minimum atomic E-state index is -0.405. The topological polar surface area (TPSA) is 94.1 Å². The van der Waals surface area contributed by atoms with E-state index in [4.69, 9.17) is 21.1 Å². The van der Waals surface area contributed by atoms with Crippen LogP contribution in [0.3, 0.4) is 0 Å². The minimum Gasteiger partial charge on any atom is -0.393 e. The van der Waals surface area contributed by atoms with E-state index in [1.54, 1.807) is 4.90 Å². The molecule has 2 aliphatic heterocycles. The van der Waals surface area contributed by atoms with Crippen LogP contribution in [0, 0.1) is 30.1 Å². The number of anilines is 1. The van der Waals surface area contributed by atoms with Crippen molar-refractivity contribution in [3.8, 4) is 11.8 Å². The van der Waals surface area contributed by atoms with Crippen molar-refractivity contribution in [3.63, 3.8) is 0 Å². The summed E-state index contributed by atoms with van der Waals surface area (Å²) in [6.07, 6.45) is 6.57. The Bertz CT molecular complexity index is 975. The zero-order chi connectivity index (χ0) is 21.6. The molecule has 4 aliphatic rings. The van der Waals surface area contributed by atoms with E-state index in [9.17, 15) is 4.79 Å². The van der Waals surface area contributed by atoms with Gasteiger partial charge in [-0.2, -0.15) is 0 Å². The molecule has 0 atom stereocenters. The van der Waals surface area contributed by atoms with Gasteiger partial charge in [0.2, 0.25) is 0 Å². The molecule has 1 aromatic carbocycles. The van der Waals surface area contributed by atoms with E-state index < -0.39 is 6.29 Å². The van der Waals surface area contributed by atoms with Gasteiger partial charge in [0, 0.05) is 29.6 Å². The van der Waals surface area contributed by atoms with E-state index in [1.165, 1.54) is 24.1 Å². The Morgan fingerprint density at radius 1 is 1.31 bits per heavy atom. The molecule has 0 aromatic heterocycles. The first kappa shape index (κ1) is 22.7. The summed E-state index contributed by atoms with van der Waals surface area (Å²) in [4.78, 5) is 14.9. The Labute approximate surface area is 190 Å². The lowest BCUT2D eigenvalue weighted by molar-refractivity contribution is -0.211. The molecule has 0 radical (unpaired) electrons. The highest BCUT2D eigenvalue weighted by Gasteiger charge is 2.47. The van der Waals surface area contributed by atoms with Gasteiger partial charge in [-0.05, 0) is 56.2 Å². The average Bonchev–Trinajstić information content (AvgIpc) is 3.68. The van der Waals surface area contributed by atoms with E-state index in [0.29, 0.717) is 32.2 Å². The number of aryl methyl sites for hydroxylation is 1. The van der Waals surface area contributed by atoms with Crippen LogP contribution < -0.4 is 16.5 Å². The molecule has 1 spiro atoms. The molecule has 1 aromatic rings. The van der Waals surface area contributed by atoms with Crippen LogP contribution in [-0.2, 0) is 20.7 Å². The maximum atomic E-state index is 13.1. The summed E-state index contributed by atoms with van der Waals surface area (Å²) in [5, 5.41) is 1.38. The number of nitrogens with zero attached hydrogens (tertiary/aromatic N) is 2. The van der Waals surface area contributed by atoms with E-state index >= 15 is 0 Å². The summed E-state index contributed by atoms with van der Waals surface area (Å²) in [5.74, 6) is 13.0. The lowest BCUT2D eigenvalue weighted by Gasteiger charge is -2.31. The van der Waals surface area contributed by atoms with E-state index in [-0.39, 0.29) is 24.4 Å². The maximum Gasteiger partial charge on any atom is 0.275 e. The third kappa shape index (κ3) is 4.63. The second-order valence-electron chi connectivity index (χ2n) is 9.34. The van der Waals surface area contributed by atoms with Crippen LogP contribution in [0.2, 0.25) is 0 Å². The number of amides is 1. The van der Waals surface area contributed by atoms with Crippen molar-refractivity contribution < 1.29 is 14.3 Å². The molecule has 7 nitrogen and oxygen atoms in total. The molecule has 4 N–H and O–H groups in total. The van der Waals surface area contributed by atoms with Crippen LogP contribution >= 0.6 is 0 Å². The van der Waals surface area contributed by atoms with Crippen LogP contribution in [0.25, 0.3) is 0 Å². The molecule has 7 heteroatoms. The highest BCUT2D eigenvalue weighted by atomic mass is 16.7. The van der Waals surface area contributed by atoms with Crippen LogP contribution in [0.5, 0.6) is 0 Å². The number of carbonyl (C=O) groups is 1. The van der Waals surface area contributed by atoms with Crippen LogP contribution in [0.4, 0.5) is 5.69 Å². The number of fused-ring (bicyclic) bond motifs is 1. The van der Waals surface area contributed by atoms with Gasteiger partial charge in [0.15, 0.2) is 6.29 Å². The summed E-state index contributed by atoms with van der Waals surface area (Å²) in [7, 11) is 0. The monoisotopic (exact) mass is 438 g/mol. The van der Waals surface area contributed by atoms with Crippen LogP contribution in [-0.4, -0.2) is 43.5 Å². The Morgan fingerprint density at radius 2 is 2.03 bits per heavy atom. The fraction of sp³-hybridized carbons (Fsp3) is 0.560. The van der Waals surface area contributed by atoms with Crippen molar-refractivity contribution in [2.75, 3.05) is 31.2 Å². The quantitative estimate of drug-likeness (QED) is 0.325. The maximum absolute atomic E-state index is 13.1. The Kier molecular flexibility index (Phi) is 6.22. The van der Waals surface area contributed by atoms with Crippen molar-refractivity contribution in [1.82, 2.24) is 5.01 Å². The molecule has 5 rings (SSSR count). The van der Waals surface area contributed by atoms with Gasteiger partial charge in [-0.1, -0.05) is 25.3 Å². The van der Waals surface area contributed by atoms with Gasteiger partial charge in [-0.25, -0.2) is 5.84 Å². The van der Waals surface area contributed by atoms with Gasteiger partial charge in [-0.15, -0.1) is 0 Å². The molecule has 1 amide bonds. The average molecular weight is 439 g/mol. The number of hydrazine groups is 1. The zero-order valence-electron chi connectivity index (χ0n) is 18.0. The van der Waals surface area contributed by atoms with Crippen molar-refractivity contribution in [2.45, 2.75) is 52.7 Å². The number of rotatable bonds is 4. The van der Waals surface area contributed by atoms with Gasteiger partial charge in [0.05, 0.1) is 25.4 Å². The molecule has 1 saturated heterocycles. The minimum absolute atomic E-state index is 0. The van der Waals surface area contributed by atoms with Crippen molar-refractivity contribution >= 4 is 11.6 Å². The number of nitrogens with two attached hydrogens (primary N) is 2. The normalized spacial score (nSPS) is 21.4. The third-order valence-corrected chi connectivity index (χ3v) is 6.59. The Morgan fingerprint density at radius 3 is 2.69 bits per heavy atom. The number of ether oxygens (including phenoxy) is 2. The summed E-state index contributed by atoms with van der Waals surface area (Å²) < 4.78 is 11.5. The molecule has 32 heavy (non-hydrogen) atoms. The van der Waals surface area contributed by atoms with E-state index in [0.717, 1.165) is 41.6 Å². The van der Waals surface area contributed by atoms with Gasteiger partial charge < -0.3 is 25.1 Å². The second-order valence-corrected chi connectivity index (χ2v) is 9.34. The Hall–Kier alpha value is -2.53. The van der Waals surface area contributed by atoms with Gasteiger partial charge in [0.1, 0.15) is 5.70 Å². The fourth-order valence-electron chi connectivity index (χ4n) is 4.26. The summed E-state index contributed by atoms with van der Waals surface area (Å²) in [6, 6.07) is 4.09. The summed E-state index contributed by atoms with van der Waals surface area (Å²) in [6.45, 7) is 4.34. The first-order valence-corrected chi connectivity index (χ1v) is 11.1. The first-order valence-electron chi connectivity index (χ1n) is 11.1. The number of hydrogen-bond acceptors (Lipinski definition) is 6. The molecular weight excluding hydrogens is 404 g/mol. The molecular formula is C25H34N4O3. The second kappa shape index (κ2) is 8.78. The summed E-state index contributed by atoms with van der Waals surface area (Å²) in [5.41, 5.74) is 10.6. The summed E-state index contributed by atoms with van der Waals surface area (Å²) >= 11 is 0. The van der Waals surface area contributed by atoms with E-state index in [2.05, 4.69) is 17.9 Å². The highest BCUT2D eigenvalue weighted by Crippen LogP contribution is 2.48. The number of carbonyl (C=O) groups excluding carboxylic acids is 1. The lowest BCUT2D eigenvalue weighted by Crippen LogP contribution is -2.43. The van der Waals surface area contributed by atoms with E-state index in [1.807, 2.05) is 13.0 Å². The molecule has 2 saturated carbocycles. The highest BCUT2D eigenvalue weighted by molar-refractivity contribution is 6.06. The third-order valence-electron chi connectivity index (χ3n) is 6.59. The van der Waals surface area contributed by atoms with Gasteiger partial charge in [-0.3, -0.25) is 4.79 Å². The number of benzene rings is 1. The standard InChI is InChI=1S/C24H30N4O3.CH4/c1-16-2-6-18(7-5-17-3-4-17)19-8-11-28(22(16)19)23(29)20(25)12-27(26)13-21-30-14-24(9-10-24)15-31-21;/h2,6,12,17,21H,3-4,8-11,13-15,25-26H2,1H3;1H4/b20-12-;. The lowest BCUT2D eigenvalue weighted by atomic mass is 10.0. The molecule has 3 fully saturated rings. The molecule has 172 valence electrons. The zero-order valence-corrected chi connectivity index (χ0v) is 18.0. The van der Waals surface area contributed by atoms with Crippen LogP contribution in [0.1, 0.15) is 49.8 Å². The van der Waals surface area contributed by atoms with Gasteiger partial charge >= 0.3 is 0 Å². The van der Waals surface area contributed by atoms with Gasteiger partial charge in [0.25, 0.3) is 5.91 Å². The predicted molar refractivity (Wildman–Crippen MR) is 124 cm³/mol. The van der Waals surface area contributed by atoms with Crippen molar-refractivity contribution in [3.05, 3.63) is 40.7 Å². The Balaban J connectivity index is 0.00000245.